The van der Waals surface area contributed by atoms with E-state index in [1.54, 1.807) is 43.3 Å². The summed E-state index contributed by atoms with van der Waals surface area (Å²) in [4.78, 5) is 27.0. The highest BCUT2D eigenvalue weighted by Gasteiger charge is 2.20. The summed E-state index contributed by atoms with van der Waals surface area (Å²) < 4.78 is 10.9. The van der Waals surface area contributed by atoms with Crippen LogP contribution in [0.4, 0.5) is 11.4 Å². The van der Waals surface area contributed by atoms with Gasteiger partial charge in [-0.1, -0.05) is 36.4 Å². The highest BCUT2D eigenvalue weighted by atomic mass is 16.5. The van der Waals surface area contributed by atoms with E-state index in [1.807, 2.05) is 36.4 Å². The first kappa shape index (κ1) is 22.5. The Balaban J connectivity index is 1.59. The maximum Gasteiger partial charge on any atom is 0.278 e. The number of methoxy groups -OCH3 is 2. The van der Waals surface area contributed by atoms with Crippen molar-refractivity contribution in [1.29, 1.82) is 0 Å². The summed E-state index contributed by atoms with van der Waals surface area (Å²) in [5.41, 5.74) is 2.64. The SMILES string of the molecule is COc1cc(NC(=O)c2nn(-c3ccccc3)nc2C)c(OC)cc1NC(=O)c1ccccc1. The van der Waals surface area contributed by atoms with E-state index in [4.69, 9.17) is 9.47 Å². The van der Waals surface area contributed by atoms with Crippen LogP contribution in [0, 0.1) is 6.92 Å². The minimum Gasteiger partial charge on any atom is -0.494 e. The van der Waals surface area contributed by atoms with Gasteiger partial charge in [0.15, 0.2) is 5.69 Å². The Morgan fingerprint density at radius 3 is 1.85 bits per heavy atom. The third kappa shape index (κ3) is 4.73. The third-order valence-electron chi connectivity index (χ3n) is 5.04. The van der Waals surface area contributed by atoms with E-state index in [2.05, 4.69) is 20.8 Å². The fourth-order valence-electron chi connectivity index (χ4n) is 3.32. The number of aromatic nitrogens is 3. The number of hydrogen-bond donors (Lipinski definition) is 2. The van der Waals surface area contributed by atoms with Crippen molar-refractivity contribution >= 4 is 23.2 Å². The van der Waals surface area contributed by atoms with E-state index >= 15 is 0 Å². The molecule has 0 bridgehead atoms. The van der Waals surface area contributed by atoms with Crippen molar-refractivity contribution in [3.63, 3.8) is 0 Å². The highest BCUT2D eigenvalue weighted by Crippen LogP contribution is 2.37. The molecule has 172 valence electrons. The van der Waals surface area contributed by atoms with Gasteiger partial charge in [0.05, 0.1) is 37.0 Å². The zero-order valence-corrected chi connectivity index (χ0v) is 18.9. The van der Waals surface area contributed by atoms with Gasteiger partial charge in [-0.25, -0.2) is 0 Å². The second kappa shape index (κ2) is 9.86. The predicted octanol–water partition coefficient (Wildman–Crippen LogP) is 4.10. The van der Waals surface area contributed by atoms with Crippen LogP contribution in [0.25, 0.3) is 5.69 Å². The van der Waals surface area contributed by atoms with Gasteiger partial charge in [0.1, 0.15) is 11.5 Å². The lowest BCUT2D eigenvalue weighted by molar-refractivity contribution is 0.101. The first-order valence-corrected chi connectivity index (χ1v) is 10.4. The van der Waals surface area contributed by atoms with Gasteiger partial charge in [-0.15, -0.1) is 5.10 Å². The molecule has 0 saturated heterocycles. The molecule has 1 heterocycles. The van der Waals surface area contributed by atoms with E-state index in [0.717, 1.165) is 5.69 Å². The summed E-state index contributed by atoms with van der Waals surface area (Å²) in [6, 6.07) is 21.3. The lowest BCUT2D eigenvalue weighted by atomic mass is 10.2. The van der Waals surface area contributed by atoms with Crippen LogP contribution in [-0.2, 0) is 0 Å². The van der Waals surface area contributed by atoms with Crippen molar-refractivity contribution in [2.75, 3.05) is 24.9 Å². The molecule has 2 amide bonds. The van der Waals surface area contributed by atoms with Gasteiger partial charge in [0.25, 0.3) is 11.8 Å². The number of benzene rings is 3. The van der Waals surface area contributed by atoms with Crippen LogP contribution in [0.5, 0.6) is 11.5 Å². The normalized spacial score (nSPS) is 10.4. The molecule has 1 aromatic heterocycles. The number of hydrogen-bond acceptors (Lipinski definition) is 6. The number of aryl methyl sites for hydroxylation is 1. The minimum atomic E-state index is -0.457. The highest BCUT2D eigenvalue weighted by molar-refractivity contribution is 6.07. The first-order valence-electron chi connectivity index (χ1n) is 10.4. The van der Waals surface area contributed by atoms with Crippen LogP contribution in [0.15, 0.2) is 72.8 Å². The van der Waals surface area contributed by atoms with Crippen LogP contribution < -0.4 is 20.1 Å². The molecule has 4 rings (SSSR count). The fraction of sp³-hybridized carbons (Fsp3) is 0.120. The van der Waals surface area contributed by atoms with E-state index in [-0.39, 0.29) is 11.6 Å². The van der Waals surface area contributed by atoms with Crippen molar-refractivity contribution in [2.24, 2.45) is 0 Å². The number of carbonyl (C=O) groups is 2. The monoisotopic (exact) mass is 457 g/mol. The Labute approximate surface area is 196 Å². The summed E-state index contributed by atoms with van der Waals surface area (Å²) in [5.74, 6) is -0.0670. The predicted molar refractivity (Wildman–Crippen MR) is 128 cm³/mol. The molecule has 0 radical (unpaired) electrons. The molecular weight excluding hydrogens is 434 g/mol. The van der Waals surface area contributed by atoms with Crippen LogP contribution in [0.3, 0.4) is 0 Å². The number of nitrogens with one attached hydrogen (secondary N) is 2. The molecule has 0 aliphatic heterocycles. The molecule has 9 nitrogen and oxygen atoms in total. The van der Waals surface area contributed by atoms with Crippen molar-refractivity contribution < 1.29 is 19.1 Å². The van der Waals surface area contributed by atoms with Crippen molar-refractivity contribution in [1.82, 2.24) is 15.0 Å². The lowest BCUT2D eigenvalue weighted by Gasteiger charge is -2.16. The Kier molecular flexibility index (Phi) is 6.54. The van der Waals surface area contributed by atoms with Gasteiger partial charge >= 0.3 is 0 Å². The molecule has 0 aliphatic carbocycles. The minimum absolute atomic E-state index is 0.173. The van der Waals surface area contributed by atoms with Gasteiger partial charge in [-0.3, -0.25) is 9.59 Å². The molecule has 9 heteroatoms. The average Bonchev–Trinajstić information content (AvgIpc) is 3.27. The van der Waals surface area contributed by atoms with Gasteiger partial charge < -0.3 is 20.1 Å². The fourth-order valence-corrected chi connectivity index (χ4v) is 3.32. The summed E-state index contributed by atoms with van der Waals surface area (Å²) in [5, 5.41) is 14.3. The van der Waals surface area contributed by atoms with Crippen molar-refractivity contribution in [3.8, 4) is 17.2 Å². The average molecular weight is 457 g/mol. The number of amides is 2. The third-order valence-corrected chi connectivity index (χ3v) is 5.04. The number of carbonyl (C=O) groups excluding carboxylic acids is 2. The van der Waals surface area contributed by atoms with Gasteiger partial charge in [0.2, 0.25) is 0 Å². The van der Waals surface area contributed by atoms with Crippen LogP contribution in [0.1, 0.15) is 26.5 Å². The topological polar surface area (TPSA) is 107 Å². The standard InChI is InChI=1S/C25H23N5O4/c1-16-23(29-30(28-16)18-12-8-5-9-13-18)25(32)27-20-15-21(33-2)19(14-22(20)34-3)26-24(31)17-10-6-4-7-11-17/h4-15H,1-3H3,(H,26,31)(H,27,32). The summed E-state index contributed by atoms with van der Waals surface area (Å²) in [6.45, 7) is 1.71. The maximum atomic E-state index is 13.0. The Hall–Kier alpha value is -4.66. The van der Waals surface area contributed by atoms with E-state index in [9.17, 15) is 9.59 Å². The second-order valence-electron chi connectivity index (χ2n) is 7.29. The molecule has 0 spiro atoms. The molecule has 3 aromatic carbocycles. The van der Waals surface area contributed by atoms with Crippen LogP contribution in [-0.4, -0.2) is 41.0 Å². The molecule has 0 unspecified atom stereocenters. The summed E-state index contributed by atoms with van der Waals surface area (Å²) >= 11 is 0. The molecule has 0 saturated carbocycles. The van der Waals surface area contributed by atoms with Crippen LogP contribution in [0.2, 0.25) is 0 Å². The number of rotatable bonds is 7. The smallest absolute Gasteiger partial charge is 0.278 e. The lowest BCUT2D eigenvalue weighted by Crippen LogP contribution is -2.16. The van der Waals surface area contributed by atoms with E-state index in [0.29, 0.717) is 34.1 Å². The molecule has 34 heavy (non-hydrogen) atoms. The number of ether oxygens (including phenoxy) is 2. The van der Waals surface area contributed by atoms with Gasteiger partial charge in [-0.05, 0) is 31.2 Å². The maximum absolute atomic E-state index is 13.0. The first-order chi connectivity index (χ1) is 16.5. The van der Waals surface area contributed by atoms with Crippen LogP contribution >= 0.6 is 0 Å². The number of anilines is 2. The Bertz CT molecular complexity index is 1320. The Morgan fingerprint density at radius 2 is 1.29 bits per heavy atom. The number of nitrogens with zero attached hydrogens (tertiary/aromatic N) is 3. The quantitative estimate of drug-likeness (QED) is 0.433. The summed E-state index contributed by atoms with van der Waals surface area (Å²) in [6.07, 6.45) is 0. The van der Waals surface area contributed by atoms with Crippen molar-refractivity contribution in [2.45, 2.75) is 6.92 Å². The Morgan fingerprint density at radius 1 is 0.765 bits per heavy atom. The zero-order valence-electron chi connectivity index (χ0n) is 18.9. The molecular formula is C25H23N5O4. The van der Waals surface area contributed by atoms with Gasteiger partial charge in [-0.2, -0.15) is 9.90 Å². The van der Waals surface area contributed by atoms with Crippen molar-refractivity contribution in [3.05, 3.63) is 89.7 Å². The molecule has 4 aromatic rings. The summed E-state index contributed by atoms with van der Waals surface area (Å²) in [7, 11) is 2.94. The van der Waals surface area contributed by atoms with E-state index in [1.165, 1.54) is 19.0 Å². The zero-order chi connectivity index (χ0) is 24.1. The molecule has 2 N–H and O–H groups in total. The largest absolute Gasteiger partial charge is 0.494 e. The van der Waals surface area contributed by atoms with E-state index < -0.39 is 5.91 Å². The molecule has 0 aliphatic rings. The second-order valence-corrected chi connectivity index (χ2v) is 7.29. The molecule has 0 atom stereocenters. The van der Waals surface area contributed by atoms with Gasteiger partial charge in [0, 0.05) is 17.7 Å². The number of para-hydroxylation sites is 1. The molecule has 0 fully saturated rings.